The van der Waals surface area contributed by atoms with Gasteiger partial charge in [0.2, 0.25) is 0 Å². The first kappa shape index (κ1) is 53.5. The van der Waals surface area contributed by atoms with Crippen LogP contribution in [-0.2, 0) is 33.2 Å². The molecule has 4 heterocycles. The predicted molar refractivity (Wildman–Crippen MR) is 234 cm³/mol. The van der Waals surface area contributed by atoms with E-state index in [1.807, 2.05) is 13.8 Å². The average molecular weight is 979 g/mol. The molecule has 1 spiro atoms. The second kappa shape index (κ2) is 20.1. The summed E-state index contributed by atoms with van der Waals surface area (Å²) in [6, 6.07) is 0. The summed E-state index contributed by atoms with van der Waals surface area (Å²) in [5.74, 6) is 0.0754. The second-order valence-corrected chi connectivity index (χ2v) is 23.2. The van der Waals surface area contributed by atoms with E-state index in [4.69, 9.17) is 33.2 Å². The number of ether oxygens (including phenoxy) is 7. The molecule has 13 N–H and O–H groups in total. The van der Waals surface area contributed by atoms with Gasteiger partial charge in [-0.15, -0.1) is 0 Å². The molecule has 20 heteroatoms. The van der Waals surface area contributed by atoms with E-state index in [1.165, 1.54) is 0 Å². The molecule has 4 saturated carbocycles. The van der Waals surface area contributed by atoms with Crippen molar-refractivity contribution in [1.29, 1.82) is 0 Å². The number of aliphatic hydroxyl groups is 13. The topological polar surface area (TPSA) is 328 Å². The van der Waals surface area contributed by atoms with Crippen LogP contribution in [0.1, 0.15) is 98.8 Å². The van der Waals surface area contributed by atoms with Crippen LogP contribution in [0.5, 0.6) is 0 Å². The van der Waals surface area contributed by atoms with Crippen molar-refractivity contribution < 1.29 is 99.5 Å². The zero-order valence-electron chi connectivity index (χ0n) is 40.2. The molecular formula is C48H82O20. The molecule has 8 aliphatic rings. The number of aliphatic hydroxyl groups excluding tert-OH is 13. The monoisotopic (exact) mass is 979 g/mol. The molecule has 8 rings (SSSR count). The Bertz CT molecular complexity index is 1690. The van der Waals surface area contributed by atoms with Gasteiger partial charge in [-0.1, -0.05) is 34.6 Å². The van der Waals surface area contributed by atoms with Gasteiger partial charge in [0.15, 0.2) is 18.9 Å². The van der Waals surface area contributed by atoms with Crippen LogP contribution in [0.3, 0.4) is 0 Å². The third-order valence-corrected chi connectivity index (χ3v) is 19.9. The van der Waals surface area contributed by atoms with Crippen molar-refractivity contribution in [3.8, 4) is 0 Å². The fourth-order valence-corrected chi connectivity index (χ4v) is 15.4. The van der Waals surface area contributed by atoms with Crippen LogP contribution in [-0.4, -0.2) is 216 Å². The van der Waals surface area contributed by atoms with E-state index in [9.17, 15) is 66.4 Å². The Kier molecular flexibility index (Phi) is 15.8. The highest BCUT2D eigenvalue weighted by Gasteiger charge is 2.71. The molecule has 0 radical (unpaired) electrons. The van der Waals surface area contributed by atoms with Gasteiger partial charge < -0.3 is 99.5 Å². The summed E-state index contributed by atoms with van der Waals surface area (Å²) in [5, 5.41) is 139. The minimum Gasteiger partial charge on any atom is -0.396 e. The summed E-state index contributed by atoms with van der Waals surface area (Å²) >= 11 is 0. The highest BCUT2D eigenvalue weighted by molar-refractivity contribution is 5.19. The van der Waals surface area contributed by atoms with Gasteiger partial charge >= 0.3 is 0 Å². The maximum Gasteiger partial charge on any atom is 0.187 e. The Balaban J connectivity index is 1.09. The molecule has 394 valence electrons. The first-order valence-electron chi connectivity index (χ1n) is 25.2. The van der Waals surface area contributed by atoms with Crippen molar-refractivity contribution in [2.24, 2.45) is 50.7 Å². The van der Waals surface area contributed by atoms with Crippen LogP contribution in [0.15, 0.2) is 0 Å². The van der Waals surface area contributed by atoms with E-state index < -0.39 is 130 Å². The Morgan fingerprint density at radius 1 is 0.544 bits per heavy atom. The standard InChI is InChI=1S/C48H82O20/c1-22(16-49)24-8-13-48(21-62-24)15-14-46(4)23(40(48)61)6-7-29-44(2)11-10-30(45(3,28(44)9-12-47(29,46)5)20-63-41-37(59)34(56)31(53)25(17-50)64-41)67-43-39(36(58)33(55)27(19-52)66-43)68-42-38(60)35(57)32(54)26(18-51)65-42/h22-43,49-61H,6-21H2,1-5H3/t22-,23+,24-,25-,26+,27+,28+,29+,30-,31-,32+,33+,34+,35-,36-,37-,38+,39+,40+,41-,42-,43-,44-,45-,46+,47+,48+/m0/s1. The molecule has 4 aliphatic heterocycles. The lowest BCUT2D eigenvalue weighted by Crippen LogP contribution is -2.69. The van der Waals surface area contributed by atoms with Crippen LogP contribution < -0.4 is 0 Å². The minimum atomic E-state index is -1.87. The van der Waals surface area contributed by atoms with Crippen LogP contribution in [0, 0.1) is 50.7 Å². The number of hydrogen-bond acceptors (Lipinski definition) is 20. The fourth-order valence-electron chi connectivity index (χ4n) is 15.4. The number of rotatable bonds is 12. The third-order valence-electron chi connectivity index (χ3n) is 19.9. The first-order valence-corrected chi connectivity index (χ1v) is 25.2. The van der Waals surface area contributed by atoms with Crippen molar-refractivity contribution in [3.63, 3.8) is 0 Å². The van der Waals surface area contributed by atoms with E-state index in [1.54, 1.807) is 0 Å². The van der Waals surface area contributed by atoms with Gasteiger partial charge in [-0.2, -0.15) is 0 Å². The molecule has 0 unspecified atom stereocenters. The smallest absolute Gasteiger partial charge is 0.187 e. The van der Waals surface area contributed by atoms with E-state index in [2.05, 4.69) is 20.8 Å². The highest BCUT2D eigenvalue weighted by atomic mass is 16.8. The molecule has 0 bridgehead atoms. The fraction of sp³-hybridized carbons (Fsp3) is 1.00. The lowest BCUT2D eigenvalue weighted by Gasteiger charge is -2.73. The maximum absolute atomic E-state index is 12.5. The molecular weight excluding hydrogens is 897 g/mol. The Morgan fingerprint density at radius 3 is 1.72 bits per heavy atom. The summed E-state index contributed by atoms with van der Waals surface area (Å²) < 4.78 is 43.4. The lowest BCUT2D eigenvalue weighted by molar-refractivity contribution is -0.382. The molecule has 20 nitrogen and oxygen atoms in total. The van der Waals surface area contributed by atoms with Gasteiger partial charge in [0.1, 0.15) is 73.2 Å². The number of hydrogen-bond donors (Lipinski definition) is 13. The molecule has 4 saturated heterocycles. The molecule has 0 aromatic rings. The van der Waals surface area contributed by atoms with Crippen molar-refractivity contribution in [3.05, 3.63) is 0 Å². The Labute approximate surface area is 398 Å². The van der Waals surface area contributed by atoms with Gasteiger partial charge in [0, 0.05) is 23.4 Å². The van der Waals surface area contributed by atoms with Gasteiger partial charge in [-0.25, -0.2) is 0 Å². The summed E-state index contributed by atoms with van der Waals surface area (Å²) in [7, 11) is 0. The Morgan fingerprint density at radius 2 is 1.13 bits per heavy atom. The van der Waals surface area contributed by atoms with Crippen molar-refractivity contribution >= 4 is 0 Å². The molecule has 27 atom stereocenters. The summed E-state index contributed by atoms with van der Waals surface area (Å²) in [5.41, 5.74) is -2.12. The largest absolute Gasteiger partial charge is 0.396 e. The number of fused-ring (bicyclic) bond motifs is 5. The van der Waals surface area contributed by atoms with Gasteiger partial charge in [-0.3, -0.25) is 0 Å². The quantitative estimate of drug-likeness (QED) is 0.0943. The lowest BCUT2D eigenvalue weighted by atomic mass is 9.33. The van der Waals surface area contributed by atoms with E-state index in [-0.39, 0.29) is 64.6 Å². The van der Waals surface area contributed by atoms with E-state index in [0.717, 1.165) is 44.9 Å². The summed E-state index contributed by atoms with van der Waals surface area (Å²) in [6.45, 7) is 9.32. The Hall–Kier alpha value is -0.800. The zero-order chi connectivity index (χ0) is 49.5. The maximum atomic E-state index is 12.5. The molecule has 68 heavy (non-hydrogen) atoms. The van der Waals surface area contributed by atoms with Crippen LogP contribution in [0.4, 0.5) is 0 Å². The molecule has 4 aliphatic carbocycles. The molecule has 0 amide bonds. The summed E-state index contributed by atoms with van der Waals surface area (Å²) in [6.07, 6.45) is -18.0. The zero-order valence-corrected chi connectivity index (χ0v) is 40.2. The van der Waals surface area contributed by atoms with Gasteiger partial charge in [0.05, 0.1) is 51.3 Å². The van der Waals surface area contributed by atoms with Crippen molar-refractivity contribution in [1.82, 2.24) is 0 Å². The second-order valence-electron chi connectivity index (χ2n) is 23.2. The van der Waals surface area contributed by atoms with E-state index >= 15 is 0 Å². The van der Waals surface area contributed by atoms with Gasteiger partial charge in [-0.05, 0) is 98.2 Å². The van der Waals surface area contributed by atoms with Crippen LogP contribution >= 0.6 is 0 Å². The summed E-state index contributed by atoms with van der Waals surface area (Å²) in [4.78, 5) is 0. The molecule has 0 aromatic carbocycles. The average Bonchev–Trinajstić information content (AvgIpc) is 3.32. The van der Waals surface area contributed by atoms with E-state index in [0.29, 0.717) is 25.9 Å². The normalized spacial score (nSPS) is 55.8. The minimum absolute atomic E-state index is 0.0239. The van der Waals surface area contributed by atoms with Gasteiger partial charge in [0.25, 0.3) is 0 Å². The van der Waals surface area contributed by atoms with Crippen molar-refractivity contribution in [2.75, 3.05) is 39.6 Å². The molecule has 8 fully saturated rings. The predicted octanol–water partition coefficient (Wildman–Crippen LogP) is -1.98. The van der Waals surface area contributed by atoms with Crippen LogP contribution in [0.25, 0.3) is 0 Å². The van der Waals surface area contributed by atoms with Crippen molar-refractivity contribution in [2.45, 2.75) is 209 Å². The molecule has 0 aromatic heterocycles. The SMILES string of the molecule is C[C@@H](CO)[C@@H]1CC[C@@]2(CC[C@]3(C)[C@H](CC[C@@H]4[C@@]5(C)CC[C@H](O[C@@H]6O[C@H](CO)[C@@H](O)[C@H](O)[C@H]6O[C@@H]6O[C@H](CO)[C@@H](O)[C@H](O)[C@H]6O)[C@@](C)(CO[C@H]6O[C@@H](CO)[C@H](O)[C@@H](O)[C@@H]6O)[C@@H]5CC[C@]43C)[C@H]2O)CO1. The first-order chi connectivity index (χ1) is 32.1. The van der Waals surface area contributed by atoms with Crippen LogP contribution in [0.2, 0.25) is 0 Å². The third kappa shape index (κ3) is 8.66. The highest BCUT2D eigenvalue weighted by Crippen LogP contribution is 2.75.